The van der Waals surface area contributed by atoms with Gasteiger partial charge in [0.2, 0.25) is 0 Å². The highest BCUT2D eigenvalue weighted by atomic mass is 32.2. The average Bonchev–Trinajstić information content (AvgIpc) is 3.32. The van der Waals surface area contributed by atoms with Crippen molar-refractivity contribution >= 4 is 17.6 Å². The van der Waals surface area contributed by atoms with Gasteiger partial charge in [0.15, 0.2) is 0 Å². The van der Waals surface area contributed by atoms with Crippen molar-refractivity contribution in [2.75, 3.05) is 12.5 Å². The van der Waals surface area contributed by atoms with E-state index in [1.807, 2.05) is 30.3 Å². The molecule has 1 aromatic heterocycles. The minimum absolute atomic E-state index is 0.499. The lowest BCUT2D eigenvalue weighted by Crippen LogP contribution is -2.10. The number of hydrazine groups is 1. The summed E-state index contributed by atoms with van der Waals surface area (Å²) in [4.78, 5) is 10.1. The fourth-order valence-corrected chi connectivity index (χ4v) is 2.68. The van der Waals surface area contributed by atoms with Gasteiger partial charge in [-0.3, -0.25) is 0 Å². The van der Waals surface area contributed by atoms with E-state index in [9.17, 15) is 0 Å². The van der Waals surface area contributed by atoms with Crippen LogP contribution in [0.25, 0.3) is 0 Å². The molecule has 104 valence electrons. The fourth-order valence-electron chi connectivity index (χ4n) is 1.86. The van der Waals surface area contributed by atoms with Crippen molar-refractivity contribution < 1.29 is 4.74 Å². The molecule has 1 aliphatic rings. The largest absolute Gasteiger partial charge is 0.497 e. The summed E-state index contributed by atoms with van der Waals surface area (Å²) in [6, 6.07) is 9.76. The van der Waals surface area contributed by atoms with Gasteiger partial charge in [0.05, 0.1) is 7.11 Å². The first-order valence-electron chi connectivity index (χ1n) is 6.46. The second-order valence-corrected chi connectivity index (χ2v) is 5.74. The first kappa shape index (κ1) is 13.2. The lowest BCUT2D eigenvalue weighted by Gasteiger charge is -2.07. The molecular weight excluding hydrogens is 272 g/mol. The Morgan fingerprint density at radius 2 is 2.00 bits per heavy atom. The van der Waals surface area contributed by atoms with Crippen LogP contribution in [0.2, 0.25) is 0 Å². The summed E-state index contributed by atoms with van der Waals surface area (Å²) in [5.41, 5.74) is 2.61. The van der Waals surface area contributed by atoms with Gasteiger partial charge in [-0.15, -0.1) is 0 Å². The van der Waals surface area contributed by atoms with Crippen molar-refractivity contribution in [1.82, 2.24) is 9.97 Å². The zero-order valence-corrected chi connectivity index (χ0v) is 12.0. The Morgan fingerprint density at radius 1 is 1.25 bits per heavy atom. The smallest absolute Gasteiger partial charge is 0.144 e. The zero-order valence-electron chi connectivity index (χ0n) is 11.2. The standard InChI is InChI=1S/C14H16N4OS/c1-19-10-4-6-11(7-5-10)20-13-8-12(18-15)16-14(17-13)9-2-3-9/h4-9H,2-3,15H2,1H3,(H,16,17,18). The number of methoxy groups -OCH3 is 1. The Labute approximate surface area is 121 Å². The number of rotatable bonds is 5. The summed E-state index contributed by atoms with van der Waals surface area (Å²) in [6.45, 7) is 0. The minimum atomic E-state index is 0.499. The van der Waals surface area contributed by atoms with Crippen LogP contribution in [0.5, 0.6) is 5.75 Å². The molecule has 6 heteroatoms. The summed E-state index contributed by atoms with van der Waals surface area (Å²) in [7, 11) is 1.66. The van der Waals surface area contributed by atoms with E-state index in [-0.39, 0.29) is 0 Å². The van der Waals surface area contributed by atoms with Crippen LogP contribution < -0.4 is 16.0 Å². The molecule has 1 saturated carbocycles. The van der Waals surface area contributed by atoms with Gasteiger partial charge < -0.3 is 10.2 Å². The first-order chi connectivity index (χ1) is 9.78. The molecular formula is C14H16N4OS. The van der Waals surface area contributed by atoms with Crippen molar-refractivity contribution in [2.24, 2.45) is 5.84 Å². The Balaban J connectivity index is 1.83. The second kappa shape index (κ2) is 5.68. The molecule has 2 aromatic rings. The predicted molar refractivity (Wildman–Crippen MR) is 78.9 cm³/mol. The highest BCUT2D eigenvalue weighted by molar-refractivity contribution is 7.99. The van der Waals surface area contributed by atoms with Crippen LogP contribution in [-0.2, 0) is 0 Å². The number of nitrogens with zero attached hydrogens (tertiary/aromatic N) is 2. The SMILES string of the molecule is COc1ccc(Sc2cc(NN)nc(C3CC3)n2)cc1. The van der Waals surface area contributed by atoms with E-state index >= 15 is 0 Å². The Morgan fingerprint density at radius 3 is 2.60 bits per heavy atom. The van der Waals surface area contributed by atoms with Crippen molar-refractivity contribution in [1.29, 1.82) is 0 Å². The number of nitrogens with two attached hydrogens (primary N) is 1. The van der Waals surface area contributed by atoms with Gasteiger partial charge in [-0.25, -0.2) is 15.8 Å². The lowest BCUT2D eigenvalue weighted by molar-refractivity contribution is 0.414. The molecule has 1 heterocycles. The molecule has 0 amide bonds. The van der Waals surface area contributed by atoms with Crippen LogP contribution in [-0.4, -0.2) is 17.1 Å². The van der Waals surface area contributed by atoms with E-state index in [0.29, 0.717) is 11.7 Å². The number of ether oxygens (including phenoxy) is 1. The van der Waals surface area contributed by atoms with Gasteiger partial charge in [0, 0.05) is 16.9 Å². The molecule has 0 spiro atoms. The third-order valence-electron chi connectivity index (χ3n) is 3.09. The molecule has 5 nitrogen and oxygen atoms in total. The van der Waals surface area contributed by atoms with Crippen molar-refractivity contribution in [3.8, 4) is 5.75 Å². The van der Waals surface area contributed by atoms with Crippen LogP contribution in [0.15, 0.2) is 40.3 Å². The van der Waals surface area contributed by atoms with Gasteiger partial charge in [-0.1, -0.05) is 11.8 Å². The second-order valence-electron chi connectivity index (χ2n) is 4.65. The summed E-state index contributed by atoms with van der Waals surface area (Å²) < 4.78 is 5.15. The van der Waals surface area contributed by atoms with Crippen LogP contribution in [0.4, 0.5) is 5.82 Å². The number of hydrogen-bond acceptors (Lipinski definition) is 6. The topological polar surface area (TPSA) is 73.1 Å². The molecule has 1 aliphatic carbocycles. The zero-order chi connectivity index (χ0) is 13.9. The van der Waals surface area contributed by atoms with E-state index in [4.69, 9.17) is 10.6 Å². The summed E-state index contributed by atoms with van der Waals surface area (Å²) in [6.07, 6.45) is 2.33. The maximum absolute atomic E-state index is 5.47. The quantitative estimate of drug-likeness (QED) is 0.501. The molecule has 3 rings (SSSR count). The number of nitrogens with one attached hydrogen (secondary N) is 1. The monoisotopic (exact) mass is 288 g/mol. The third kappa shape index (κ3) is 3.02. The van der Waals surface area contributed by atoms with E-state index in [1.165, 1.54) is 12.8 Å². The number of aromatic nitrogens is 2. The maximum atomic E-state index is 5.47. The highest BCUT2D eigenvalue weighted by Gasteiger charge is 2.27. The van der Waals surface area contributed by atoms with Crippen LogP contribution in [0, 0.1) is 0 Å². The van der Waals surface area contributed by atoms with E-state index in [2.05, 4.69) is 15.4 Å². The highest BCUT2D eigenvalue weighted by Crippen LogP contribution is 2.39. The van der Waals surface area contributed by atoms with Gasteiger partial charge in [-0.05, 0) is 37.1 Å². The molecule has 1 aromatic carbocycles. The summed E-state index contributed by atoms with van der Waals surface area (Å²) in [5.74, 6) is 8.37. The molecule has 0 atom stereocenters. The van der Waals surface area contributed by atoms with E-state index < -0.39 is 0 Å². The number of hydrogen-bond donors (Lipinski definition) is 2. The summed E-state index contributed by atoms with van der Waals surface area (Å²) >= 11 is 1.59. The minimum Gasteiger partial charge on any atom is -0.497 e. The first-order valence-corrected chi connectivity index (χ1v) is 7.27. The van der Waals surface area contributed by atoms with Crippen LogP contribution in [0.1, 0.15) is 24.6 Å². The number of benzene rings is 1. The number of nitrogen functional groups attached to an aromatic ring is 1. The molecule has 0 bridgehead atoms. The molecule has 0 radical (unpaired) electrons. The predicted octanol–water partition coefficient (Wildman–Crippen LogP) is 2.80. The molecule has 1 fully saturated rings. The van der Waals surface area contributed by atoms with Crippen molar-refractivity contribution in [3.63, 3.8) is 0 Å². The maximum Gasteiger partial charge on any atom is 0.144 e. The Bertz CT molecular complexity index is 599. The Hall–Kier alpha value is -1.79. The molecule has 0 saturated heterocycles. The number of anilines is 1. The summed E-state index contributed by atoms with van der Waals surface area (Å²) in [5, 5.41) is 0.903. The Kier molecular flexibility index (Phi) is 3.75. The molecule has 0 unspecified atom stereocenters. The van der Waals surface area contributed by atoms with Crippen molar-refractivity contribution in [2.45, 2.75) is 28.7 Å². The van der Waals surface area contributed by atoms with Crippen molar-refractivity contribution in [3.05, 3.63) is 36.2 Å². The average molecular weight is 288 g/mol. The normalized spacial score (nSPS) is 14.1. The van der Waals surface area contributed by atoms with Gasteiger partial charge >= 0.3 is 0 Å². The fraction of sp³-hybridized carbons (Fsp3) is 0.286. The van der Waals surface area contributed by atoms with E-state index in [1.54, 1.807) is 18.9 Å². The van der Waals surface area contributed by atoms with Gasteiger partial charge in [0.25, 0.3) is 0 Å². The molecule has 0 aliphatic heterocycles. The molecule has 20 heavy (non-hydrogen) atoms. The van der Waals surface area contributed by atoms with Crippen LogP contribution in [0.3, 0.4) is 0 Å². The third-order valence-corrected chi connectivity index (χ3v) is 4.02. The molecule has 3 N–H and O–H groups in total. The van der Waals surface area contributed by atoms with Gasteiger partial charge in [0.1, 0.15) is 22.4 Å². The lowest BCUT2D eigenvalue weighted by atomic mass is 10.3. The van der Waals surface area contributed by atoms with Crippen LogP contribution >= 0.6 is 11.8 Å². The van der Waals surface area contributed by atoms with Gasteiger partial charge in [-0.2, -0.15) is 0 Å². The van der Waals surface area contributed by atoms with E-state index in [0.717, 1.165) is 21.5 Å².